The van der Waals surface area contributed by atoms with Crippen molar-refractivity contribution in [3.8, 4) is 0 Å². The molecular weight excluding hydrogens is 162 g/mol. The first kappa shape index (κ1) is 12.3. The molecule has 0 aliphatic heterocycles. The van der Waals surface area contributed by atoms with Crippen molar-refractivity contribution in [1.82, 2.24) is 4.90 Å². The van der Waals surface area contributed by atoms with E-state index in [1.54, 1.807) is 0 Å². The summed E-state index contributed by atoms with van der Waals surface area (Å²) < 4.78 is 0. The molecule has 78 valence electrons. The Kier molecular flexibility index (Phi) is 6.37. The zero-order valence-electron chi connectivity index (χ0n) is 9.38. The van der Waals surface area contributed by atoms with Crippen molar-refractivity contribution < 1.29 is 0 Å². The van der Waals surface area contributed by atoms with Gasteiger partial charge in [-0.3, -0.25) is 4.99 Å². The van der Waals surface area contributed by atoms with Gasteiger partial charge in [0.15, 0.2) is 5.96 Å². The highest BCUT2D eigenvalue weighted by Crippen LogP contribution is 2.03. The van der Waals surface area contributed by atoms with Gasteiger partial charge >= 0.3 is 0 Å². The Labute approximate surface area is 82.0 Å². The Balaban J connectivity index is 3.99. The minimum absolute atomic E-state index is 0.491. The van der Waals surface area contributed by atoms with Crippen molar-refractivity contribution in [1.29, 1.82) is 0 Å². The van der Waals surface area contributed by atoms with Crippen LogP contribution in [-0.2, 0) is 0 Å². The molecule has 13 heavy (non-hydrogen) atoms. The Morgan fingerprint density at radius 2 is 2.00 bits per heavy atom. The van der Waals surface area contributed by atoms with Crippen LogP contribution in [0.15, 0.2) is 4.99 Å². The van der Waals surface area contributed by atoms with Gasteiger partial charge in [0, 0.05) is 19.6 Å². The predicted molar refractivity (Wildman–Crippen MR) is 58.9 cm³/mol. The lowest BCUT2D eigenvalue weighted by Gasteiger charge is -2.25. The fraction of sp³-hybridized carbons (Fsp3) is 0.900. The van der Waals surface area contributed by atoms with Crippen molar-refractivity contribution in [3.63, 3.8) is 0 Å². The van der Waals surface area contributed by atoms with Crippen molar-refractivity contribution >= 4 is 5.96 Å². The second-order valence-electron chi connectivity index (χ2n) is 3.49. The molecule has 3 heteroatoms. The molecule has 1 unspecified atom stereocenters. The fourth-order valence-electron chi connectivity index (χ4n) is 1.18. The average Bonchev–Trinajstić information content (AvgIpc) is 2.13. The summed E-state index contributed by atoms with van der Waals surface area (Å²) in [6.45, 7) is 7.29. The highest BCUT2D eigenvalue weighted by atomic mass is 15.2. The summed E-state index contributed by atoms with van der Waals surface area (Å²) >= 11 is 0. The van der Waals surface area contributed by atoms with Crippen LogP contribution in [0.3, 0.4) is 0 Å². The van der Waals surface area contributed by atoms with Gasteiger partial charge in [-0.2, -0.15) is 0 Å². The summed E-state index contributed by atoms with van der Waals surface area (Å²) in [5.41, 5.74) is 5.81. The number of rotatable bonds is 5. The van der Waals surface area contributed by atoms with E-state index in [0.717, 1.165) is 13.0 Å². The van der Waals surface area contributed by atoms with Crippen LogP contribution >= 0.6 is 0 Å². The first-order chi connectivity index (χ1) is 6.13. The van der Waals surface area contributed by atoms with Crippen LogP contribution in [0, 0.1) is 0 Å². The molecule has 1 atom stereocenters. The SMILES string of the molecule is CCCN=C(N)N(C)C(C)CCC. The third-order valence-corrected chi connectivity index (χ3v) is 2.23. The highest BCUT2D eigenvalue weighted by molar-refractivity contribution is 5.78. The van der Waals surface area contributed by atoms with Gasteiger partial charge in [-0.15, -0.1) is 0 Å². The minimum Gasteiger partial charge on any atom is -0.370 e. The molecule has 0 rings (SSSR count). The summed E-state index contributed by atoms with van der Waals surface area (Å²) in [7, 11) is 2.01. The van der Waals surface area contributed by atoms with Gasteiger partial charge in [0.05, 0.1) is 0 Å². The first-order valence-electron chi connectivity index (χ1n) is 5.16. The molecule has 3 nitrogen and oxygen atoms in total. The molecule has 0 bridgehead atoms. The van der Waals surface area contributed by atoms with Gasteiger partial charge in [0.25, 0.3) is 0 Å². The smallest absolute Gasteiger partial charge is 0.191 e. The highest BCUT2D eigenvalue weighted by Gasteiger charge is 2.09. The van der Waals surface area contributed by atoms with E-state index in [1.165, 1.54) is 12.8 Å². The molecule has 0 aliphatic carbocycles. The Hall–Kier alpha value is -0.730. The van der Waals surface area contributed by atoms with Crippen molar-refractivity contribution in [2.24, 2.45) is 10.7 Å². The van der Waals surface area contributed by atoms with Crippen LogP contribution in [0.25, 0.3) is 0 Å². The van der Waals surface area contributed by atoms with E-state index in [0.29, 0.717) is 12.0 Å². The topological polar surface area (TPSA) is 41.6 Å². The number of hydrogen-bond acceptors (Lipinski definition) is 1. The number of aliphatic imine (C=N–C) groups is 1. The Morgan fingerprint density at radius 1 is 1.38 bits per heavy atom. The summed E-state index contributed by atoms with van der Waals surface area (Å²) in [6.07, 6.45) is 3.40. The van der Waals surface area contributed by atoms with Gasteiger partial charge in [-0.1, -0.05) is 20.3 Å². The maximum absolute atomic E-state index is 5.81. The molecule has 0 saturated carbocycles. The Bertz CT molecular complexity index is 154. The van der Waals surface area contributed by atoms with Crippen LogP contribution in [0.2, 0.25) is 0 Å². The van der Waals surface area contributed by atoms with E-state index in [2.05, 4.69) is 30.7 Å². The molecule has 0 fully saturated rings. The zero-order valence-corrected chi connectivity index (χ0v) is 9.38. The minimum atomic E-state index is 0.491. The van der Waals surface area contributed by atoms with Gasteiger partial charge in [0.1, 0.15) is 0 Å². The molecule has 0 spiro atoms. The molecule has 0 aromatic heterocycles. The van der Waals surface area contributed by atoms with Gasteiger partial charge < -0.3 is 10.6 Å². The molecule has 0 radical (unpaired) electrons. The molecule has 0 aliphatic rings. The molecule has 0 aromatic rings. The monoisotopic (exact) mass is 185 g/mol. The average molecular weight is 185 g/mol. The first-order valence-corrected chi connectivity index (χ1v) is 5.16. The van der Waals surface area contributed by atoms with Crippen LogP contribution in [0.1, 0.15) is 40.0 Å². The van der Waals surface area contributed by atoms with Gasteiger partial charge in [0.2, 0.25) is 0 Å². The van der Waals surface area contributed by atoms with Crippen molar-refractivity contribution in [3.05, 3.63) is 0 Å². The lowest BCUT2D eigenvalue weighted by atomic mass is 10.2. The number of guanidine groups is 1. The third-order valence-electron chi connectivity index (χ3n) is 2.23. The summed E-state index contributed by atoms with van der Waals surface area (Å²) in [5, 5.41) is 0. The van der Waals surface area contributed by atoms with Crippen LogP contribution in [-0.4, -0.2) is 30.5 Å². The van der Waals surface area contributed by atoms with Crippen molar-refractivity contribution in [2.45, 2.75) is 46.1 Å². The van der Waals surface area contributed by atoms with Crippen LogP contribution in [0.4, 0.5) is 0 Å². The molecule has 2 N–H and O–H groups in total. The van der Waals surface area contributed by atoms with E-state index in [-0.39, 0.29) is 0 Å². The summed E-state index contributed by atoms with van der Waals surface area (Å²) in [4.78, 5) is 6.32. The fourth-order valence-corrected chi connectivity index (χ4v) is 1.18. The van der Waals surface area contributed by atoms with Crippen LogP contribution in [0.5, 0.6) is 0 Å². The number of nitrogens with two attached hydrogens (primary N) is 1. The largest absolute Gasteiger partial charge is 0.370 e. The van der Waals surface area contributed by atoms with E-state index in [9.17, 15) is 0 Å². The molecule has 0 amide bonds. The van der Waals surface area contributed by atoms with E-state index in [1.807, 2.05) is 7.05 Å². The lowest BCUT2D eigenvalue weighted by molar-refractivity contribution is 0.362. The second kappa shape index (κ2) is 6.75. The normalized spacial score (nSPS) is 14.3. The maximum Gasteiger partial charge on any atom is 0.191 e. The Morgan fingerprint density at radius 3 is 2.46 bits per heavy atom. The van der Waals surface area contributed by atoms with E-state index < -0.39 is 0 Å². The summed E-state index contributed by atoms with van der Waals surface area (Å²) in [6, 6.07) is 0.491. The van der Waals surface area contributed by atoms with Gasteiger partial charge in [-0.25, -0.2) is 0 Å². The molecular formula is C10H23N3. The lowest BCUT2D eigenvalue weighted by Crippen LogP contribution is -2.40. The molecule has 0 saturated heterocycles. The maximum atomic E-state index is 5.81. The molecule has 0 heterocycles. The standard InChI is InChI=1S/C10H23N3/c1-5-7-9(3)13(4)10(11)12-8-6-2/h9H,5-8H2,1-4H3,(H2,11,12). The number of nitrogens with zero attached hydrogens (tertiary/aromatic N) is 2. The third kappa shape index (κ3) is 4.76. The van der Waals surface area contributed by atoms with E-state index in [4.69, 9.17) is 5.73 Å². The molecule has 0 aromatic carbocycles. The zero-order chi connectivity index (χ0) is 10.3. The second-order valence-corrected chi connectivity index (χ2v) is 3.49. The van der Waals surface area contributed by atoms with Crippen molar-refractivity contribution in [2.75, 3.05) is 13.6 Å². The predicted octanol–water partition coefficient (Wildman–Crippen LogP) is 1.83. The summed E-state index contributed by atoms with van der Waals surface area (Å²) in [5.74, 6) is 0.669. The number of hydrogen-bond donors (Lipinski definition) is 1. The van der Waals surface area contributed by atoms with E-state index >= 15 is 0 Å². The van der Waals surface area contributed by atoms with Crippen LogP contribution < -0.4 is 5.73 Å². The van der Waals surface area contributed by atoms with Gasteiger partial charge in [-0.05, 0) is 19.8 Å². The quantitative estimate of drug-likeness (QED) is 0.524.